The number of benzene rings is 1. The Morgan fingerprint density at radius 3 is 2.31 bits per heavy atom. The lowest BCUT2D eigenvalue weighted by Crippen LogP contribution is -2.16. The van der Waals surface area contributed by atoms with Crippen LogP contribution in [0.5, 0.6) is 11.5 Å². The van der Waals surface area contributed by atoms with Crippen molar-refractivity contribution in [2.45, 2.75) is 6.92 Å². The molecule has 0 amide bonds. The highest BCUT2D eigenvalue weighted by Crippen LogP contribution is 2.31. The zero-order valence-corrected chi connectivity index (χ0v) is 9.78. The van der Waals surface area contributed by atoms with Gasteiger partial charge in [0.05, 0.1) is 14.2 Å². The van der Waals surface area contributed by atoms with E-state index in [0.29, 0.717) is 35.1 Å². The molecule has 4 N–H and O–H groups in total. The highest BCUT2D eigenvalue weighted by atomic mass is 16.5. The number of hydrogen-bond donors (Lipinski definition) is 2. The Hall–Kier alpha value is -1.91. The first-order valence-corrected chi connectivity index (χ1v) is 4.95. The monoisotopic (exact) mass is 223 g/mol. The van der Waals surface area contributed by atoms with E-state index in [2.05, 4.69) is 4.99 Å². The molecule has 0 heterocycles. The van der Waals surface area contributed by atoms with Crippen molar-refractivity contribution in [2.75, 3.05) is 26.5 Å². The molecule has 0 fully saturated rings. The zero-order valence-electron chi connectivity index (χ0n) is 9.78. The Labute approximate surface area is 95.1 Å². The van der Waals surface area contributed by atoms with E-state index < -0.39 is 0 Å². The molecule has 1 rings (SSSR count). The third-order valence-corrected chi connectivity index (χ3v) is 2.16. The Bertz CT molecular complexity index is 402. The molecule has 0 aliphatic rings. The van der Waals surface area contributed by atoms with Crippen LogP contribution >= 0.6 is 0 Å². The largest absolute Gasteiger partial charge is 0.493 e. The summed E-state index contributed by atoms with van der Waals surface area (Å²) < 4.78 is 10.3. The van der Waals surface area contributed by atoms with Crippen LogP contribution in [0.4, 0.5) is 5.69 Å². The van der Waals surface area contributed by atoms with Crippen LogP contribution in [-0.2, 0) is 0 Å². The average Bonchev–Trinajstić information content (AvgIpc) is 2.28. The van der Waals surface area contributed by atoms with E-state index in [-0.39, 0.29) is 0 Å². The summed E-state index contributed by atoms with van der Waals surface area (Å²) >= 11 is 0. The molecule has 5 nitrogen and oxygen atoms in total. The molecule has 0 bridgehead atoms. The molecule has 0 unspecified atom stereocenters. The van der Waals surface area contributed by atoms with Gasteiger partial charge < -0.3 is 20.9 Å². The molecule has 5 heteroatoms. The first-order chi connectivity index (χ1) is 7.63. The molecule has 1 aromatic rings. The molecule has 0 aliphatic carbocycles. The minimum atomic E-state index is 0.404. The Kier molecular flexibility index (Phi) is 3.99. The summed E-state index contributed by atoms with van der Waals surface area (Å²) in [6.45, 7) is 2.52. The SMILES string of the molecule is CCN=C(N)c1cc(OC)c(OC)cc1N. The van der Waals surface area contributed by atoms with Crippen molar-refractivity contribution in [3.8, 4) is 11.5 Å². The number of nitrogen functional groups attached to an aromatic ring is 1. The number of amidine groups is 1. The van der Waals surface area contributed by atoms with Crippen molar-refractivity contribution in [3.63, 3.8) is 0 Å². The number of nitrogens with two attached hydrogens (primary N) is 2. The van der Waals surface area contributed by atoms with Crippen LogP contribution in [0.25, 0.3) is 0 Å². The van der Waals surface area contributed by atoms with Crippen molar-refractivity contribution < 1.29 is 9.47 Å². The molecule has 0 saturated heterocycles. The zero-order chi connectivity index (χ0) is 12.1. The molecule has 16 heavy (non-hydrogen) atoms. The van der Waals surface area contributed by atoms with E-state index >= 15 is 0 Å². The highest BCUT2D eigenvalue weighted by molar-refractivity contribution is 6.02. The van der Waals surface area contributed by atoms with Gasteiger partial charge >= 0.3 is 0 Å². The molecule has 1 aromatic carbocycles. The predicted octanol–water partition coefficient (Wildman–Crippen LogP) is 1.01. The summed E-state index contributed by atoms with van der Waals surface area (Å²) in [5.74, 6) is 1.56. The lowest BCUT2D eigenvalue weighted by molar-refractivity contribution is 0.355. The lowest BCUT2D eigenvalue weighted by Gasteiger charge is -2.12. The van der Waals surface area contributed by atoms with E-state index in [1.54, 1.807) is 26.4 Å². The number of anilines is 1. The van der Waals surface area contributed by atoms with Gasteiger partial charge in [0.1, 0.15) is 5.84 Å². The van der Waals surface area contributed by atoms with Crippen molar-refractivity contribution in [1.29, 1.82) is 0 Å². The molecule has 0 spiro atoms. The van der Waals surface area contributed by atoms with Gasteiger partial charge in [-0.2, -0.15) is 0 Å². The molecule has 0 radical (unpaired) electrons. The van der Waals surface area contributed by atoms with Gasteiger partial charge in [-0.1, -0.05) is 0 Å². The second kappa shape index (κ2) is 5.25. The van der Waals surface area contributed by atoms with Gasteiger partial charge in [0.15, 0.2) is 11.5 Å². The maximum Gasteiger partial charge on any atom is 0.162 e. The first-order valence-electron chi connectivity index (χ1n) is 4.95. The normalized spacial score (nSPS) is 11.3. The Morgan fingerprint density at radius 1 is 1.25 bits per heavy atom. The number of rotatable bonds is 4. The summed E-state index contributed by atoms with van der Waals surface area (Å²) in [5, 5.41) is 0. The number of ether oxygens (including phenoxy) is 2. The van der Waals surface area contributed by atoms with Crippen LogP contribution in [0.1, 0.15) is 12.5 Å². The van der Waals surface area contributed by atoms with Crippen LogP contribution in [0.2, 0.25) is 0 Å². The number of methoxy groups -OCH3 is 2. The summed E-state index contributed by atoms with van der Waals surface area (Å²) in [6.07, 6.45) is 0. The predicted molar refractivity (Wildman–Crippen MR) is 65.2 cm³/mol. The molecule has 0 aromatic heterocycles. The van der Waals surface area contributed by atoms with E-state index in [9.17, 15) is 0 Å². The molecule has 0 saturated carbocycles. The third-order valence-electron chi connectivity index (χ3n) is 2.16. The maximum atomic E-state index is 5.86. The van der Waals surface area contributed by atoms with Crippen molar-refractivity contribution in [1.82, 2.24) is 0 Å². The van der Waals surface area contributed by atoms with Gasteiger partial charge in [-0.05, 0) is 13.0 Å². The Balaban J connectivity index is 3.26. The number of nitrogens with zero attached hydrogens (tertiary/aromatic N) is 1. The van der Waals surface area contributed by atoms with E-state index in [1.807, 2.05) is 6.92 Å². The van der Waals surface area contributed by atoms with Gasteiger partial charge in [-0.25, -0.2) is 0 Å². The summed E-state index contributed by atoms with van der Waals surface area (Å²) in [4.78, 5) is 4.10. The van der Waals surface area contributed by atoms with E-state index in [4.69, 9.17) is 20.9 Å². The van der Waals surface area contributed by atoms with E-state index in [0.717, 1.165) is 0 Å². The maximum absolute atomic E-state index is 5.86. The van der Waals surface area contributed by atoms with Crippen molar-refractivity contribution in [3.05, 3.63) is 17.7 Å². The first kappa shape index (κ1) is 12.2. The van der Waals surface area contributed by atoms with Crippen molar-refractivity contribution >= 4 is 11.5 Å². The third kappa shape index (κ3) is 2.36. The molecular weight excluding hydrogens is 206 g/mol. The second-order valence-electron chi connectivity index (χ2n) is 3.15. The van der Waals surface area contributed by atoms with E-state index in [1.165, 1.54) is 0 Å². The van der Waals surface area contributed by atoms with Crippen LogP contribution in [-0.4, -0.2) is 26.6 Å². The minimum Gasteiger partial charge on any atom is -0.493 e. The summed E-state index contributed by atoms with van der Waals surface area (Å²) in [7, 11) is 3.12. The fourth-order valence-corrected chi connectivity index (χ4v) is 1.37. The lowest BCUT2D eigenvalue weighted by atomic mass is 10.1. The van der Waals surface area contributed by atoms with Gasteiger partial charge in [0.25, 0.3) is 0 Å². The standard InChI is InChI=1S/C11H17N3O2/c1-4-14-11(13)7-5-9(15-2)10(16-3)6-8(7)12/h5-6H,4,12H2,1-3H3,(H2,13,14). The van der Waals surface area contributed by atoms with Gasteiger partial charge in [-0.3, -0.25) is 4.99 Å². The molecule has 0 atom stereocenters. The minimum absolute atomic E-state index is 0.404. The summed E-state index contributed by atoms with van der Waals surface area (Å²) in [5.41, 5.74) is 12.8. The smallest absolute Gasteiger partial charge is 0.162 e. The highest BCUT2D eigenvalue weighted by Gasteiger charge is 2.11. The summed E-state index contributed by atoms with van der Waals surface area (Å²) in [6, 6.07) is 3.40. The van der Waals surface area contributed by atoms with Crippen LogP contribution in [0.15, 0.2) is 17.1 Å². The molecule has 88 valence electrons. The van der Waals surface area contributed by atoms with Gasteiger partial charge in [0, 0.05) is 23.9 Å². The van der Waals surface area contributed by atoms with Crippen LogP contribution in [0.3, 0.4) is 0 Å². The molecular formula is C11H17N3O2. The van der Waals surface area contributed by atoms with Crippen LogP contribution < -0.4 is 20.9 Å². The fraction of sp³-hybridized carbons (Fsp3) is 0.364. The topological polar surface area (TPSA) is 82.9 Å². The van der Waals surface area contributed by atoms with Crippen molar-refractivity contribution in [2.24, 2.45) is 10.7 Å². The molecule has 0 aliphatic heterocycles. The van der Waals surface area contributed by atoms with Crippen LogP contribution in [0, 0.1) is 0 Å². The second-order valence-corrected chi connectivity index (χ2v) is 3.15. The number of aliphatic imine (C=N–C) groups is 1. The average molecular weight is 223 g/mol. The van der Waals surface area contributed by atoms with Gasteiger partial charge in [0.2, 0.25) is 0 Å². The quantitative estimate of drug-likeness (QED) is 0.453. The number of hydrogen-bond acceptors (Lipinski definition) is 4. The fourth-order valence-electron chi connectivity index (χ4n) is 1.37. The Morgan fingerprint density at radius 2 is 1.81 bits per heavy atom. The van der Waals surface area contributed by atoms with Gasteiger partial charge in [-0.15, -0.1) is 0 Å².